The van der Waals surface area contributed by atoms with Gasteiger partial charge in [-0.2, -0.15) is 0 Å². The van der Waals surface area contributed by atoms with Crippen LogP contribution >= 0.6 is 28.3 Å². The number of aromatic nitrogens is 1. The molecule has 19 heavy (non-hydrogen) atoms. The molecule has 1 aromatic heterocycles. The molecule has 0 aliphatic carbocycles. The van der Waals surface area contributed by atoms with Crippen molar-refractivity contribution < 1.29 is 0 Å². The number of nitrogens with one attached hydrogen (secondary N) is 1. The number of piperazine rings is 1. The van der Waals surface area contributed by atoms with Gasteiger partial charge in [-0.3, -0.25) is 4.98 Å². The maximum absolute atomic E-state index is 4.49. The average Bonchev–Trinajstić information content (AvgIpc) is 2.39. The summed E-state index contributed by atoms with van der Waals surface area (Å²) in [5, 5.41) is 4.63. The van der Waals surface area contributed by atoms with Crippen molar-refractivity contribution in [2.24, 2.45) is 0 Å². The van der Waals surface area contributed by atoms with Gasteiger partial charge in [-0.25, -0.2) is 0 Å². The number of halogens is 2. The van der Waals surface area contributed by atoms with Gasteiger partial charge in [-0.15, -0.1) is 12.4 Å². The van der Waals surface area contributed by atoms with E-state index in [9.17, 15) is 0 Å². The fourth-order valence-corrected chi connectivity index (χ4v) is 3.04. The summed E-state index contributed by atoms with van der Waals surface area (Å²) in [7, 11) is 0. The molecule has 2 heterocycles. The molecule has 0 spiro atoms. The quantitative estimate of drug-likeness (QED) is 0.863. The Morgan fingerprint density at radius 2 is 2.00 bits per heavy atom. The highest BCUT2D eigenvalue weighted by Crippen LogP contribution is 2.33. The van der Waals surface area contributed by atoms with Crippen LogP contribution in [0.4, 0.5) is 5.69 Å². The molecule has 1 N–H and O–H groups in total. The first kappa shape index (κ1) is 14.6. The molecule has 102 valence electrons. The van der Waals surface area contributed by atoms with Gasteiger partial charge in [-0.05, 0) is 35.0 Å². The summed E-state index contributed by atoms with van der Waals surface area (Å²) in [6.07, 6.45) is 1.91. The molecule has 2 aromatic rings. The predicted molar refractivity (Wildman–Crippen MR) is 86.5 cm³/mol. The molecule has 0 unspecified atom stereocenters. The first-order valence-electron chi connectivity index (χ1n) is 6.26. The molecule has 1 fully saturated rings. The van der Waals surface area contributed by atoms with Crippen molar-refractivity contribution in [3.8, 4) is 0 Å². The summed E-state index contributed by atoms with van der Waals surface area (Å²) in [5.41, 5.74) is 3.63. The lowest BCUT2D eigenvalue weighted by Crippen LogP contribution is -2.43. The van der Waals surface area contributed by atoms with Gasteiger partial charge in [-0.1, -0.05) is 11.6 Å². The van der Waals surface area contributed by atoms with Crippen LogP contribution in [0.2, 0.25) is 0 Å². The number of pyridine rings is 1. The molecule has 3 rings (SSSR count). The Bertz CT molecular complexity index is 577. The number of rotatable bonds is 1. The van der Waals surface area contributed by atoms with E-state index < -0.39 is 0 Å². The van der Waals surface area contributed by atoms with Gasteiger partial charge >= 0.3 is 0 Å². The zero-order valence-corrected chi connectivity index (χ0v) is 13.2. The van der Waals surface area contributed by atoms with Crippen LogP contribution in [0.15, 0.2) is 28.9 Å². The second-order valence-electron chi connectivity index (χ2n) is 4.71. The first-order chi connectivity index (χ1) is 8.75. The highest BCUT2D eigenvalue weighted by molar-refractivity contribution is 9.10. The van der Waals surface area contributed by atoms with E-state index >= 15 is 0 Å². The van der Waals surface area contributed by atoms with E-state index in [1.807, 2.05) is 6.20 Å². The number of hydrogen-bond acceptors (Lipinski definition) is 3. The summed E-state index contributed by atoms with van der Waals surface area (Å²) >= 11 is 3.65. The number of aryl methyl sites for hydroxylation is 1. The summed E-state index contributed by atoms with van der Waals surface area (Å²) in [4.78, 5) is 6.92. The van der Waals surface area contributed by atoms with Gasteiger partial charge in [0, 0.05) is 37.8 Å². The van der Waals surface area contributed by atoms with E-state index in [2.05, 4.69) is 56.3 Å². The van der Waals surface area contributed by atoms with Crippen LogP contribution in [0.25, 0.3) is 10.9 Å². The van der Waals surface area contributed by atoms with Gasteiger partial charge < -0.3 is 10.2 Å². The Kier molecular flexibility index (Phi) is 4.66. The lowest BCUT2D eigenvalue weighted by atomic mass is 10.1. The maximum atomic E-state index is 4.49. The van der Waals surface area contributed by atoms with Crippen molar-refractivity contribution in [3.05, 3.63) is 34.4 Å². The molecule has 0 radical (unpaired) electrons. The number of hydrogen-bond donors (Lipinski definition) is 1. The highest BCUT2D eigenvalue weighted by Gasteiger charge is 2.16. The van der Waals surface area contributed by atoms with Crippen molar-refractivity contribution in [3.63, 3.8) is 0 Å². The van der Waals surface area contributed by atoms with Crippen LogP contribution in [-0.2, 0) is 0 Å². The van der Waals surface area contributed by atoms with Crippen LogP contribution in [-0.4, -0.2) is 31.2 Å². The molecule has 0 bridgehead atoms. The van der Waals surface area contributed by atoms with E-state index in [0.29, 0.717) is 0 Å². The average molecular weight is 343 g/mol. The minimum Gasteiger partial charge on any atom is -0.367 e. The summed E-state index contributed by atoms with van der Waals surface area (Å²) in [5.74, 6) is 0. The van der Waals surface area contributed by atoms with Gasteiger partial charge in [0.1, 0.15) is 0 Å². The molecule has 5 heteroatoms. The van der Waals surface area contributed by atoms with E-state index in [-0.39, 0.29) is 12.4 Å². The summed E-state index contributed by atoms with van der Waals surface area (Å²) in [6.45, 7) is 6.31. The normalized spacial score (nSPS) is 15.4. The van der Waals surface area contributed by atoms with Crippen LogP contribution in [0.3, 0.4) is 0 Å². The molecular weight excluding hydrogens is 326 g/mol. The molecule has 0 amide bonds. The molecule has 1 aromatic carbocycles. The van der Waals surface area contributed by atoms with Crippen molar-refractivity contribution in [1.82, 2.24) is 10.3 Å². The topological polar surface area (TPSA) is 28.2 Å². The maximum Gasteiger partial charge on any atom is 0.0723 e. The van der Waals surface area contributed by atoms with E-state index in [1.165, 1.54) is 16.6 Å². The molecule has 1 aliphatic heterocycles. The fourth-order valence-electron chi connectivity index (χ4n) is 2.48. The molecule has 0 saturated carbocycles. The smallest absolute Gasteiger partial charge is 0.0723 e. The van der Waals surface area contributed by atoms with E-state index in [0.717, 1.165) is 36.2 Å². The zero-order chi connectivity index (χ0) is 12.5. The van der Waals surface area contributed by atoms with Crippen molar-refractivity contribution in [2.75, 3.05) is 31.1 Å². The summed E-state index contributed by atoms with van der Waals surface area (Å²) in [6, 6.07) is 6.44. The number of benzene rings is 1. The van der Waals surface area contributed by atoms with E-state index in [1.54, 1.807) is 0 Å². The van der Waals surface area contributed by atoms with Gasteiger partial charge in [0.05, 0.1) is 15.7 Å². The molecule has 1 saturated heterocycles. The standard InChI is InChI=1S/C14H16BrN3.ClH/c1-10-2-3-13-11(8-10)14(12(15)9-17-13)18-6-4-16-5-7-18;/h2-3,8-9,16H,4-7H2,1H3;1H. The third-order valence-electron chi connectivity index (χ3n) is 3.38. The SMILES string of the molecule is Cc1ccc2ncc(Br)c(N3CCNCC3)c2c1.Cl. The molecule has 1 aliphatic rings. The number of anilines is 1. The monoisotopic (exact) mass is 341 g/mol. The van der Waals surface area contributed by atoms with E-state index in [4.69, 9.17) is 0 Å². The minimum atomic E-state index is 0. The molecular formula is C14H17BrClN3. The van der Waals surface area contributed by atoms with Crippen molar-refractivity contribution in [1.29, 1.82) is 0 Å². The zero-order valence-electron chi connectivity index (χ0n) is 10.8. The summed E-state index contributed by atoms with van der Waals surface area (Å²) < 4.78 is 1.09. The van der Waals surface area contributed by atoms with Crippen LogP contribution in [0, 0.1) is 6.92 Å². The highest BCUT2D eigenvalue weighted by atomic mass is 79.9. The Morgan fingerprint density at radius 3 is 2.74 bits per heavy atom. The molecule has 3 nitrogen and oxygen atoms in total. The second-order valence-corrected chi connectivity index (χ2v) is 5.57. The lowest BCUT2D eigenvalue weighted by molar-refractivity contribution is 0.589. The fraction of sp³-hybridized carbons (Fsp3) is 0.357. The Balaban J connectivity index is 0.00000133. The van der Waals surface area contributed by atoms with Gasteiger partial charge in [0.25, 0.3) is 0 Å². The van der Waals surface area contributed by atoms with Crippen LogP contribution in [0.1, 0.15) is 5.56 Å². The first-order valence-corrected chi connectivity index (χ1v) is 7.05. The van der Waals surface area contributed by atoms with Gasteiger partial charge in [0.15, 0.2) is 0 Å². The lowest BCUT2D eigenvalue weighted by Gasteiger charge is -2.31. The predicted octanol–water partition coefficient (Wildman–Crippen LogP) is 3.14. The second kappa shape index (κ2) is 6.07. The molecule has 0 atom stereocenters. The van der Waals surface area contributed by atoms with Crippen LogP contribution < -0.4 is 10.2 Å². The Labute approximate surface area is 127 Å². The minimum absolute atomic E-state index is 0. The Hall–Kier alpha value is -0.840. The third kappa shape index (κ3) is 2.86. The van der Waals surface area contributed by atoms with Crippen molar-refractivity contribution in [2.45, 2.75) is 6.92 Å². The Morgan fingerprint density at radius 1 is 1.26 bits per heavy atom. The van der Waals surface area contributed by atoms with Gasteiger partial charge in [0.2, 0.25) is 0 Å². The largest absolute Gasteiger partial charge is 0.367 e. The van der Waals surface area contributed by atoms with Crippen LogP contribution in [0.5, 0.6) is 0 Å². The third-order valence-corrected chi connectivity index (χ3v) is 3.96. The number of nitrogens with zero attached hydrogens (tertiary/aromatic N) is 2. The van der Waals surface area contributed by atoms with Crippen molar-refractivity contribution >= 4 is 44.9 Å². The number of fused-ring (bicyclic) bond motifs is 1.